The largest absolute Gasteiger partial charge is 0.378 e. The molecule has 1 N–H and O–H groups in total. The van der Waals surface area contributed by atoms with E-state index in [1.165, 1.54) is 19.3 Å². The molecule has 1 rings (SSSR count). The summed E-state index contributed by atoms with van der Waals surface area (Å²) < 4.78 is 0. The van der Waals surface area contributed by atoms with Gasteiger partial charge in [-0.15, -0.1) is 0 Å². The van der Waals surface area contributed by atoms with E-state index in [1.54, 1.807) is 0 Å². The highest BCUT2D eigenvalue weighted by atomic mass is 16.3. The highest BCUT2D eigenvalue weighted by molar-refractivity contribution is 4.91. The molecule has 14 heavy (non-hydrogen) atoms. The summed E-state index contributed by atoms with van der Waals surface area (Å²) in [7, 11) is 2.07. The molecule has 0 aliphatic heterocycles. The van der Waals surface area contributed by atoms with Crippen molar-refractivity contribution in [1.82, 2.24) is 4.90 Å². The Kier molecular flexibility index (Phi) is 3.96. The lowest BCUT2D eigenvalue weighted by molar-refractivity contribution is -0.0358. The average Bonchev–Trinajstić information content (AvgIpc) is 2.44. The van der Waals surface area contributed by atoms with E-state index in [9.17, 15) is 5.11 Å². The molecule has 2 nitrogen and oxygen atoms in total. The first-order chi connectivity index (χ1) is 6.49. The minimum atomic E-state index is -0.248. The quantitative estimate of drug-likeness (QED) is 0.704. The van der Waals surface area contributed by atoms with Crippen LogP contribution >= 0.6 is 0 Å². The molecule has 0 aromatic heterocycles. The Hall–Kier alpha value is -0.0800. The maximum Gasteiger partial charge on any atom is 0.107 e. The predicted molar refractivity (Wildman–Crippen MR) is 60.1 cm³/mol. The lowest BCUT2D eigenvalue weighted by Crippen LogP contribution is -2.45. The van der Waals surface area contributed by atoms with Crippen molar-refractivity contribution in [2.45, 2.75) is 65.1 Å². The Morgan fingerprint density at radius 1 is 1.50 bits per heavy atom. The van der Waals surface area contributed by atoms with Crippen LogP contribution < -0.4 is 0 Å². The maximum atomic E-state index is 9.94. The van der Waals surface area contributed by atoms with Gasteiger partial charge in [0.05, 0.1) is 0 Å². The van der Waals surface area contributed by atoms with E-state index in [-0.39, 0.29) is 6.23 Å². The standard InChI is InChI=1S/C12H25NO/c1-5-7-11(14)13(4)10-8-6-9-12(10,2)3/h10-11,14H,5-9H2,1-4H3. The highest BCUT2D eigenvalue weighted by Gasteiger charge is 2.38. The van der Waals surface area contributed by atoms with Gasteiger partial charge in [0, 0.05) is 6.04 Å². The lowest BCUT2D eigenvalue weighted by Gasteiger charge is -2.37. The van der Waals surface area contributed by atoms with Gasteiger partial charge in [0.25, 0.3) is 0 Å². The van der Waals surface area contributed by atoms with E-state index in [2.05, 4.69) is 32.7 Å². The first kappa shape index (κ1) is 12.0. The summed E-state index contributed by atoms with van der Waals surface area (Å²) in [5, 5.41) is 9.94. The molecule has 2 heteroatoms. The van der Waals surface area contributed by atoms with E-state index in [4.69, 9.17) is 0 Å². The zero-order valence-corrected chi connectivity index (χ0v) is 10.1. The lowest BCUT2D eigenvalue weighted by atomic mass is 9.86. The third-order valence-electron chi connectivity index (χ3n) is 3.71. The van der Waals surface area contributed by atoms with Gasteiger partial charge in [-0.25, -0.2) is 0 Å². The van der Waals surface area contributed by atoms with Crippen LogP contribution in [-0.2, 0) is 0 Å². The third kappa shape index (κ3) is 2.48. The second-order valence-corrected chi connectivity index (χ2v) is 5.33. The molecular weight excluding hydrogens is 174 g/mol. The van der Waals surface area contributed by atoms with Crippen molar-refractivity contribution in [3.63, 3.8) is 0 Å². The molecule has 1 aliphatic rings. The zero-order valence-electron chi connectivity index (χ0n) is 10.1. The molecule has 0 aromatic rings. The highest BCUT2D eigenvalue weighted by Crippen LogP contribution is 2.40. The molecule has 0 amide bonds. The number of aliphatic hydroxyl groups is 1. The topological polar surface area (TPSA) is 23.5 Å². The minimum absolute atomic E-state index is 0.248. The van der Waals surface area contributed by atoms with Crippen molar-refractivity contribution in [2.75, 3.05) is 7.05 Å². The van der Waals surface area contributed by atoms with Crippen LogP contribution in [0.25, 0.3) is 0 Å². The molecule has 1 aliphatic carbocycles. The van der Waals surface area contributed by atoms with Gasteiger partial charge in [-0.1, -0.05) is 33.6 Å². The van der Waals surface area contributed by atoms with Crippen LogP contribution in [0.15, 0.2) is 0 Å². The Morgan fingerprint density at radius 3 is 2.57 bits per heavy atom. The smallest absolute Gasteiger partial charge is 0.107 e. The predicted octanol–water partition coefficient (Wildman–Crippen LogP) is 2.62. The molecule has 0 aromatic carbocycles. The first-order valence-electron chi connectivity index (χ1n) is 5.89. The third-order valence-corrected chi connectivity index (χ3v) is 3.71. The van der Waals surface area contributed by atoms with Crippen LogP contribution in [0.1, 0.15) is 52.9 Å². The zero-order chi connectivity index (χ0) is 10.8. The van der Waals surface area contributed by atoms with Gasteiger partial charge in [0.1, 0.15) is 6.23 Å². The summed E-state index contributed by atoms with van der Waals surface area (Å²) in [6.07, 6.45) is 5.54. The Morgan fingerprint density at radius 2 is 2.14 bits per heavy atom. The summed E-state index contributed by atoms with van der Waals surface area (Å²) in [5.41, 5.74) is 0.378. The van der Waals surface area contributed by atoms with Crippen LogP contribution in [0.2, 0.25) is 0 Å². The number of aliphatic hydroxyl groups excluding tert-OH is 1. The minimum Gasteiger partial charge on any atom is -0.378 e. The number of nitrogens with zero attached hydrogens (tertiary/aromatic N) is 1. The summed E-state index contributed by atoms with van der Waals surface area (Å²) in [6.45, 7) is 6.76. The maximum absolute atomic E-state index is 9.94. The fourth-order valence-corrected chi connectivity index (χ4v) is 2.73. The number of hydrogen-bond donors (Lipinski definition) is 1. The molecule has 84 valence electrons. The van der Waals surface area contributed by atoms with Gasteiger partial charge in [0.2, 0.25) is 0 Å². The van der Waals surface area contributed by atoms with Crippen molar-refractivity contribution >= 4 is 0 Å². The van der Waals surface area contributed by atoms with Crippen molar-refractivity contribution < 1.29 is 5.11 Å². The van der Waals surface area contributed by atoms with Crippen molar-refractivity contribution in [3.05, 3.63) is 0 Å². The van der Waals surface area contributed by atoms with Crippen molar-refractivity contribution in [2.24, 2.45) is 5.41 Å². The summed E-state index contributed by atoms with van der Waals surface area (Å²) in [6, 6.07) is 0.559. The van der Waals surface area contributed by atoms with E-state index < -0.39 is 0 Å². The molecule has 0 radical (unpaired) electrons. The van der Waals surface area contributed by atoms with Crippen molar-refractivity contribution in [1.29, 1.82) is 0 Å². The Balaban J connectivity index is 2.55. The fraction of sp³-hybridized carbons (Fsp3) is 1.00. The molecule has 2 atom stereocenters. The molecule has 1 fully saturated rings. The Bertz CT molecular complexity index is 179. The second kappa shape index (κ2) is 4.63. The van der Waals surface area contributed by atoms with Crippen LogP contribution in [0, 0.1) is 5.41 Å². The van der Waals surface area contributed by atoms with Gasteiger partial charge in [-0.2, -0.15) is 0 Å². The SMILES string of the molecule is CCCC(O)N(C)C1CCCC1(C)C. The number of hydrogen-bond acceptors (Lipinski definition) is 2. The van der Waals surface area contributed by atoms with E-state index >= 15 is 0 Å². The monoisotopic (exact) mass is 199 g/mol. The van der Waals surface area contributed by atoms with Crippen LogP contribution in [0.3, 0.4) is 0 Å². The molecule has 0 heterocycles. The van der Waals surface area contributed by atoms with E-state index in [1.807, 2.05) is 0 Å². The second-order valence-electron chi connectivity index (χ2n) is 5.33. The normalized spacial score (nSPS) is 28.3. The van der Waals surface area contributed by atoms with Gasteiger partial charge in [-0.3, -0.25) is 4.90 Å². The van der Waals surface area contributed by atoms with Crippen LogP contribution in [-0.4, -0.2) is 29.3 Å². The average molecular weight is 199 g/mol. The Labute approximate surface area is 88.3 Å². The van der Waals surface area contributed by atoms with Crippen LogP contribution in [0.4, 0.5) is 0 Å². The summed E-state index contributed by atoms with van der Waals surface area (Å²) in [5.74, 6) is 0. The summed E-state index contributed by atoms with van der Waals surface area (Å²) >= 11 is 0. The van der Waals surface area contributed by atoms with Gasteiger partial charge < -0.3 is 5.11 Å². The molecule has 0 saturated heterocycles. The molecular formula is C12H25NO. The van der Waals surface area contributed by atoms with E-state index in [0.717, 1.165) is 12.8 Å². The molecule has 1 saturated carbocycles. The first-order valence-corrected chi connectivity index (χ1v) is 5.89. The van der Waals surface area contributed by atoms with E-state index in [0.29, 0.717) is 11.5 Å². The summed E-state index contributed by atoms with van der Waals surface area (Å²) in [4.78, 5) is 2.18. The van der Waals surface area contributed by atoms with Gasteiger partial charge in [-0.05, 0) is 31.7 Å². The fourth-order valence-electron chi connectivity index (χ4n) is 2.73. The van der Waals surface area contributed by atoms with Crippen LogP contribution in [0.5, 0.6) is 0 Å². The van der Waals surface area contributed by atoms with Crippen molar-refractivity contribution in [3.8, 4) is 0 Å². The molecule has 0 spiro atoms. The molecule has 2 unspecified atom stereocenters. The number of rotatable bonds is 4. The molecule has 0 bridgehead atoms. The van der Waals surface area contributed by atoms with Gasteiger partial charge in [0.15, 0.2) is 0 Å². The van der Waals surface area contributed by atoms with Gasteiger partial charge >= 0.3 is 0 Å².